The van der Waals surface area contributed by atoms with Gasteiger partial charge >= 0.3 is 0 Å². The zero-order valence-corrected chi connectivity index (χ0v) is 10.6. The van der Waals surface area contributed by atoms with Gasteiger partial charge in [0.15, 0.2) is 5.82 Å². The monoisotopic (exact) mass is 253 g/mol. The van der Waals surface area contributed by atoms with Crippen LogP contribution in [0.5, 0.6) is 0 Å². The molecule has 1 aromatic heterocycles. The summed E-state index contributed by atoms with van der Waals surface area (Å²) < 4.78 is 6.84. The molecular formula is C11H19N5O2. The Labute approximate surface area is 106 Å². The Kier molecular flexibility index (Phi) is 4.03. The molecular weight excluding hydrogens is 234 g/mol. The fourth-order valence-electron chi connectivity index (χ4n) is 1.90. The predicted molar refractivity (Wildman–Crippen MR) is 68.1 cm³/mol. The third-order valence-corrected chi connectivity index (χ3v) is 2.85. The van der Waals surface area contributed by atoms with Crippen molar-refractivity contribution in [3.05, 3.63) is 6.20 Å². The van der Waals surface area contributed by atoms with Gasteiger partial charge in [-0.1, -0.05) is 0 Å². The molecule has 1 fully saturated rings. The summed E-state index contributed by atoms with van der Waals surface area (Å²) in [7, 11) is 1.81. The average Bonchev–Trinajstić information content (AvgIpc) is 2.69. The largest absolute Gasteiger partial charge is 0.394 e. The molecule has 0 saturated carbocycles. The summed E-state index contributed by atoms with van der Waals surface area (Å²) >= 11 is 0. The highest BCUT2D eigenvalue weighted by Crippen LogP contribution is 2.13. The van der Waals surface area contributed by atoms with Crippen LogP contribution in [0, 0.1) is 0 Å². The molecule has 7 heteroatoms. The Morgan fingerprint density at radius 3 is 2.89 bits per heavy atom. The SMILES string of the molecule is Cn1cc(N)c(NCCC(=O)N2CCOCC2)n1. The van der Waals surface area contributed by atoms with Crippen molar-refractivity contribution in [1.29, 1.82) is 0 Å². The number of ether oxygens (including phenoxy) is 1. The number of nitrogens with zero attached hydrogens (tertiary/aromatic N) is 3. The number of aryl methyl sites for hydroxylation is 1. The first kappa shape index (κ1) is 12.7. The molecule has 0 unspecified atom stereocenters. The molecule has 1 aromatic rings. The van der Waals surface area contributed by atoms with Crippen LogP contribution >= 0.6 is 0 Å². The van der Waals surface area contributed by atoms with Crippen LogP contribution in [0.25, 0.3) is 0 Å². The molecule has 18 heavy (non-hydrogen) atoms. The molecule has 100 valence electrons. The van der Waals surface area contributed by atoms with Gasteiger partial charge in [0.1, 0.15) is 0 Å². The Morgan fingerprint density at radius 1 is 1.56 bits per heavy atom. The summed E-state index contributed by atoms with van der Waals surface area (Å²) in [6, 6.07) is 0. The van der Waals surface area contributed by atoms with Gasteiger partial charge in [0.25, 0.3) is 0 Å². The molecule has 1 amide bonds. The Morgan fingerprint density at radius 2 is 2.28 bits per heavy atom. The highest BCUT2D eigenvalue weighted by molar-refractivity contribution is 5.77. The summed E-state index contributed by atoms with van der Waals surface area (Å²) in [5, 5.41) is 7.22. The quantitative estimate of drug-likeness (QED) is 0.767. The van der Waals surface area contributed by atoms with Crippen molar-refractivity contribution in [1.82, 2.24) is 14.7 Å². The van der Waals surface area contributed by atoms with Crippen LogP contribution in [0.1, 0.15) is 6.42 Å². The summed E-state index contributed by atoms with van der Waals surface area (Å²) in [5.74, 6) is 0.771. The minimum absolute atomic E-state index is 0.139. The molecule has 0 bridgehead atoms. The molecule has 2 rings (SSSR count). The van der Waals surface area contributed by atoms with Crippen molar-refractivity contribution in [3.8, 4) is 0 Å². The molecule has 0 spiro atoms. The number of hydrogen-bond acceptors (Lipinski definition) is 5. The molecule has 1 saturated heterocycles. The number of nitrogens with two attached hydrogens (primary N) is 1. The Hall–Kier alpha value is -1.76. The second kappa shape index (κ2) is 5.72. The van der Waals surface area contributed by atoms with Gasteiger partial charge in [-0.3, -0.25) is 9.48 Å². The number of carbonyl (C=O) groups excluding carboxylic acids is 1. The van der Waals surface area contributed by atoms with Crippen molar-refractivity contribution in [2.75, 3.05) is 43.9 Å². The second-order valence-corrected chi connectivity index (χ2v) is 4.28. The van der Waals surface area contributed by atoms with Crippen molar-refractivity contribution in [2.45, 2.75) is 6.42 Å². The minimum atomic E-state index is 0.139. The average molecular weight is 253 g/mol. The lowest BCUT2D eigenvalue weighted by atomic mass is 10.3. The topological polar surface area (TPSA) is 85.4 Å². The number of nitrogens with one attached hydrogen (secondary N) is 1. The third kappa shape index (κ3) is 3.13. The molecule has 1 aliphatic rings. The smallest absolute Gasteiger partial charge is 0.224 e. The zero-order valence-electron chi connectivity index (χ0n) is 10.6. The first-order chi connectivity index (χ1) is 8.66. The maximum Gasteiger partial charge on any atom is 0.224 e. The summed E-state index contributed by atoms with van der Waals surface area (Å²) in [6.07, 6.45) is 2.17. The van der Waals surface area contributed by atoms with Gasteiger partial charge in [-0.05, 0) is 0 Å². The lowest BCUT2D eigenvalue weighted by Gasteiger charge is -2.26. The van der Waals surface area contributed by atoms with Crippen molar-refractivity contribution in [2.24, 2.45) is 7.05 Å². The van der Waals surface area contributed by atoms with Gasteiger partial charge < -0.3 is 20.7 Å². The normalized spacial score (nSPS) is 15.7. The van der Waals surface area contributed by atoms with Crippen LogP contribution in [0.2, 0.25) is 0 Å². The van der Waals surface area contributed by atoms with Crippen LogP contribution in [0.3, 0.4) is 0 Å². The lowest BCUT2D eigenvalue weighted by molar-refractivity contribution is -0.134. The fourth-order valence-corrected chi connectivity index (χ4v) is 1.90. The summed E-state index contributed by atoms with van der Waals surface area (Å²) in [4.78, 5) is 13.7. The molecule has 7 nitrogen and oxygen atoms in total. The van der Waals surface area contributed by atoms with E-state index in [4.69, 9.17) is 10.5 Å². The van der Waals surface area contributed by atoms with Gasteiger partial charge in [-0.2, -0.15) is 5.10 Å². The van der Waals surface area contributed by atoms with E-state index in [0.29, 0.717) is 50.8 Å². The third-order valence-electron chi connectivity index (χ3n) is 2.85. The molecule has 0 atom stereocenters. The van der Waals surface area contributed by atoms with E-state index in [0.717, 1.165) is 0 Å². The zero-order chi connectivity index (χ0) is 13.0. The van der Waals surface area contributed by atoms with E-state index < -0.39 is 0 Å². The van der Waals surface area contributed by atoms with E-state index in [1.165, 1.54) is 0 Å². The highest BCUT2D eigenvalue weighted by atomic mass is 16.5. The number of hydrogen-bond donors (Lipinski definition) is 2. The molecule has 3 N–H and O–H groups in total. The highest BCUT2D eigenvalue weighted by Gasteiger charge is 2.16. The number of amides is 1. The van der Waals surface area contributed by atoms with Crippen LogP contribution in [0.15, 0.2) is 6.20 Å². The van der Waals surface area contributed by atoms with Gasteiger partial charge in [-0.25, -0.2) is 0 Å². The second-order valence-electron chi connectivity index (χ2n) is 4.28. The van der Waals surface area contributed by atoms with E-state index in [1.807, 2.05) is 4.90 Å². The van der Waals surface area contributed by atoms with Gasteiger partial charge in [0.2, 0.25) is 5.91 Å². The van der Waals surface area contributed by atoms with Crippen LogP contribution in [-0.2, 0) is 16.6 Å². The standard InChI is InChI=1S/C11H19N5O2/c1-15-8-9(12)11(14-15)13-3-2-10(17)16-4-6-18-7-5-16/h8H,2-7,12H2,1H3,(H,13,14). The van der Waals surface area contributed by atoms with Gasteiger partial charge in [0, 0.05) is 39.3 Å². The summed E-state index contributed by atoms with van der Waals surface area (Å²) in [6.45, 7) is 3.17. The van der Waals surface area contributed by atoms with Crippen molar-refractivity contribution < 1.29 is 9.53 Å². The molecule has 0 aliphatic carbocycles. The van der Waals surface area contributed by atoms with E-state index in [9.17, 15) is 4.79 Å². The van der Waals surface area contributed by atoms with Crippen molar-refractivity contribution >= 4 is 17.4 Å². The number of anilines is 2. The minimum Gasteiger partial charge on any atom is -0.394 e. The van der Waals surface area contributed by atoms with E-state index in [-0.39, 0.29) is 5.91 Å². The maximum absolute atomic E-state index is 11.9. The number of morpholine rings is 1. The summed E-state index contributed by atoms with van der Waals surface area (Å²) in [5.41, 5.74) is 6.34. The Bertz CT molecular complexity index is 412. The first-order valence-corrected chi connectivity index (χ1v) is 6.05. The van der Waals surface area contributed by atoms with Crippen LogP contribution in [-0.4, -0.2) is 53.4 Å². The van der Waals surface area contributed by atoms with E-state index >= 15 is 0 Å². The first-order valence-electron chi connectivity index (χ1n) is 6.05. The number of aromatic nitrogens is 2. The predicted octanol–water partition coefficient (Wildman–Crippen LogP) is -0.337. The van der Waals surface area contributed by atoms with E-state index in [1.54, 1.807) is 17.9 Å². The van der Waals surface area contributed by atoms with Crippen molar-refractivity contribution in [3.63, 3.8) is 0 Å². The van der Waals surface area contributed by atoms with Gasteiger partial charge in [-0.15, -0.1) is 0 Å². The van der Waals surface area contributed by atoms with Gasteiger partial charge in [0.05, 0.1) is 18.9 Å². The lowest BCUT2D eigenvalue weighted by Crippen LogP contribution is -2.41. The number of rotatable bonds is 4. The molecule has 0 radical (unpaired) electrons. The number of carbonyl (C=O) groups is 1. The Balaban J connectivity index is 1.74. The fraction of sp³-hybridized carbons (Fsp3) is 0.636. The van der Waals surface area contributed by atoms with Crippen LogP contribution < -0.4 is 11.1 Å². The van der Waals surface area contributed by atoms with Crippen LogP contribution in [0.4, 0.5) is 11.5 Å². The number of nitrogen functional groups attached to an aromatic ring is 1. The molecule has 2 heterocycles. The maximum atomic E-state index is 11.9. The molecule has 0 aromatic carbocycles. The van der Waals surface area contributed by atoms with E-state index in [2.05, 4.69) is 10.4 Å². The molecule has 1 aliphatic heterocycles.